The molecule has 1 atom stereocenters. The zero-order chi connectivity index (χ0) is 23.1. The van der Waals surface area contributed by atoms with E-state index in [4.69, 9.17) is 9.88 Å². The van der Waals surface area contributed by atoms with Gasteiger partial charge in [-0.2, -0.15) is 0 Å². The van der Waals surface area contributed by atoms with E-state index in [0.717, 1.165) is 17.2 Å². The van der Waals surface area contributed by atoms with Crippen molar-refractivity contribution >= 4 is 21.9 Å². The number of sulfonamides is 1. The van der Waals surface area contributed by atoms with E-state index < -0.39 is 28.5 Å². The summed E-state index contributed by atoms with van der Waals surface area (Å²) in [6.07, 6.45) is 0.569. The van der Waals surface area contributed by atoms with Crippen molar-refractivity contribution < 1.29 is 22.7 Å². The first-order chi connectivity index (χ1) is 15.2. The average Bonchev–Trinajstić information content (AvgIpc) is 2.78. The molecule has 0 aliphatic heterocycles. The maximum Gasteiger partial charge on any atom is 0.338 e. The monoisotopic (exact) mass is 452 g/mol. The van der Waals surface area contributed by atoms with Gasteiger partial charge >= 0.3 is 5.97 Å². The second-order valence-corrected chi connectivity index (χ2v) is 8.88. The van der Waals surface area contributed by atoms with Gasteiger partial charge < -0.3 is 10.1 Å². The minimum atomic E-state index is -3.97. The summed E-state index contributed by atoms with van der Waals surface area (Å²) < 4.78 is 28.2. The second-order valence-electron chi connectivity index (χ2n) is 7.32. The number of ether oxygens (including phenoxy) is 1. The van der Waals surface area contributed by atoms with E-state index in [1.165, 1.54) is 12.1 Å². The van der Waals surface area contributed by atoms with Gasteiger partial charge in [0.1, 0.15) is 0 Å². The third-order valence-electron chi connectivity index (χ3n) is 4.91. The van der Waals surface area contributed by atoms with E-state index in [0.29, 0.717) is 12.0 Å². The van der Waals surface area contributed by atoms with Crippen LogP contribution < -0.4 is 10.5 Å². The Morgan fingerprint density at radius 1 is 0.969 bits per heavy atom. The van der Waals surface area contributed by atoms with Gasteiger partial charge in [0.2, 0.25) is 10.0 Å². The third-order valence-corrected chi connectivity index (χ3v) is 5.82. The molecule has 3 aromatic carbocycles. The lowest BCUT2D eigenvalue weighted by atomic mass is 9.99. The SMILES string of the molecule is Cc1ccc(S(N)(=O)=O)cc1C(=O)OCC(=O)NC(Cc1ccccc1)c1ccccc1. The summed E-state index contributed by atoms with van der Waals surface area (Å²) in [6, 6.07) is 22.8. The van der Waals surface area contributed by atoms with Crippen LogP contribution in [0.2, 0.25) is 0 Å². The molecule has 3 N–H and O–H groups in total. The molecule has 0 radical (unpaired) electrons. The number of esters is 1. The number of carbonyl (C=O) groups excluding carboxylic acids is 2. The highest BCUT2D eigenvalue weighted by atomic mass is 32.2. The first kappa shape index (κ1) is 23.2. The van der Waals surface area contributed by atoms with Gasteiger partial charge in [0, 0.05) is 0 Å². The Kier molecular flexibility index (Phi) is 7.40. The van der Waals surface area contributed by atoms with Crippen LogP contribution in [-0.4, -0.2) is 26.9 Å². The number of nitrogens with one attached hydrogen (secondary N) is 1. The number of carbonyl (C=O) groups is 2. The molecule has 1 amide bonds. The van der Waals surface area contributed by atoms with Crippen LogP contribution in [0.1, 0.15) is 33.1 Å². The molecule has 3 rings (SSSR count). The Labute approximate surface area is 187 Å². The van der Waals surface area contributed by atoms with Gasteiger partial charge in [0.15, 0.2) is 6.61 Å². The minimum Gasteiger partial charge on any atom is -0.452 e. The number of hydrogen-bond donors (Lipinski definition) is 2. The molecular formula is C24H24N2O5S. The van der Waals surface area contributed by atoms with Gasteiger partial charge in [-0.25, -0.2) is 18.4 Å². The average molecular weight is 453 g/mol. The quantitative estimate of drug-likeness (QED) is 0.510. The van der Waals surface area contributed by atoms with E-state index in [9.17, 15) is 18.0 Å². The van der Waals surface area contributed by atoms with Gasteiger partial charge in [-0.1, -0.05) is 66.7 Å². The van der Waals surface area contributed by atoms with Crippen molar-refractivity contribution in [3.63, 3.8) is 0 Å². The maximum atomic E-state index is 12.6. The molecule has 8 heteroatoms. The molecule has 0 spiro atoms. The van der Waals surface area contributed by atoms with Crippen molar-refractivity contribution in [1.29, 1.82) is 0 Å². The van der Waals surface area contributed by atoms with Crippen LogP contribution in [-0.2, 0) is 26.0 Å². The van der Waals surface area contributed by atoms with Crippen LogP contribution in [0.3, 0.4) is 0 Å². The zero-order valence-corrected chi connectivity index (χ0v) is 18.3. The molecule has 0 saturated heterocycles. The van der Waals surface area contributed by atoms with Crippen molar-refractivity contribution in [2.75, 3.05) is 6.61 Å². The Bertz CT molecular complexity index is 1200. The number of benzene rings is 3. The molecule has 0 bridgehead atoms. The molecule has 0 fully saturated rings. The van der Waals surface area contributed by atoms with Crippen LogP contribution in [0.15, 0.2) is 83.8 Å². The fourth-order valence-corrected chi connectivity index (χ4v) is 3.77. The van der Waals surface area contributed by atoms with Crippen LogP contribution in [0, 0.1) is 6.92 Å². The molecule has 0 aromatic heterocycles. The molecular weight excluding hydrogens is 428 g/mol. The van der Waals surface area contributed by atoms with E-state index in [2.05, 4.69) is 5.32 Å². The summed E-state index contributed by atoms with van der Waals surface area (Å²) in [7, 11) is -3.97. The van der Waals surface area contributed by atoms with Crippen molar-refractivity contribution in [3.8, 4) is 0 Å². The van der Waals surface area contributed by atoms with Crippen LogP contribution in [0.25, 0.3) is 0 Å². The number of hydrogen-bond acceptors (Lipinski definition) is 5. The van der Waals surface area contributed by atoms with E-state index >= 15 is 0 Å². The fourth-order valence-electron chi connectivity index (χ4n) is 3.23. The number of nitrogens with two attached hydrogens (primary N) is 1. The van der Waals surface area contributed by atoms with Crippen molar-refractivity contribution in [1.82, 2.24) is 5.32 Å². The lowest BCUT2D eigenvalue weighted by molar-refractivity contribution is -0.125. The summed E-state index contributed by atoms with van der Waals surface area (Å²) in [5.41, 5.74) is 2.52. The van der Waals surface area contributed by atoms with Gasteiger partial charge in [-0.3, -0.25) is 4.79 Å². The van der Waals surface area contributed by atoms with Crippen LogP contribution >= 0.6 is 0 Å². The molecule has 0 heterocycles. The summed E-state index contributed by atoms with van der Waals surface area (Å²) in [4.78, 5) is 24.8. The largest absolute Gasteiger partial charge is 0.452 e. The molecule has 32 heavy (non-hydrogen) atoms. The zero-order valence-electron chi connectivity index (χ0n) is 17.5. The molecule has 0 aliphatic rings. The number of aryl methyl sites for hydroxylation is 1. The van der Waals surface area contributed by atoms with E-state index in [1.54, 1.807) is 6.92 Å². The fraction of sp³-hybridized carbons (Fsp3) is 0.167. The number of primary sulfonamides is 1. The summed E-state index contributed by atoms with van der Waals surface area (Å²) in [6.45, 7) is 1.13. The topological polar surface area (TPSA) is 116 Å². The van der Waals surface area contributed by atoms with Gasteiger partial charge in [-0.05, 0) is 42.2 Å². The van der Waals surface area contributed by atoms with Crippen molar-refractivity contribution in [3.05, 3.63) is 101 Å². The van der Waals surface area contributed by atoms with Gasteiger partial charge in [-0.15, -0.1) is 0 Å². The normalized spacial score (nSPS) is 12.1. The van der Waals surface area contributed by atoms with Crippen LogP contribution in [0.5, 0.6) is 0 Å². The highest BCUT2D eigenvalue weighted by molar-refractivity contribution is 7.89. The summed E-state index contributed by atoms with van der Waals surface area (Å²) in [5, 5.41) is 8.03. The Balaban J connectivity index is 1.68. The molecule has 0 saturated carbocycles. The predicted molar refractivity (Wildman–Crippen MR) is 120 cm³/mol. The molecule has 0 aliphatic carbocycles. The van der Waals surface area contributed by atoms with Gasteiger partial charge in [0.25, 0.3) is 5.91 Å². The molecule has 166 valence electrons. The predicted octanol–water partition coefficient (Wildman–Crippen LogP) is 2.90. The number of amides is 1. The Hall–Kier alpha value is -3.49. The summed E-state index contributed by atoms with van der Waals surface area (Å²) in [5.74, 6) is -1.27. The first-order valence-corrected chi connectivity index (χ1v) is 11.5. The molecule has 3 aromatic rings. The van der Waals surface area contributed by atoms with Crippen molar-refractivity contribution in [2.45, 2.75) is 24.3 Å². The van der Waals surface area contributed by atoms with E-state index in [-0.39, 0.29) is 16.5 Å². The molecule has 1 unspecified atom stereocenters. The Morgan fingerprint density at radius 2 is 1.59 bits per heavy atom. The van der Waals surface area contributed by atoms with Gasteiger partial charge in [0.05, 0.1) is 16.5 Å². The van der Waals surface area contributed by atoms with E-state index in [1.807, 2.05) is 60.7 Å². The highest BCUT2D eigenvalue weighted by Gasteiger charge is 2.19. The maximum absolute atomic E-state index is 12.6. The Morgan fingerprint density at radius 3 is 2.22 bits per heavy atom. The minimum absolute atomic E-state index is 0.0354. The smallest absolute Gasteiger partial charge is 0.338 e. The lowest BCUT2D eigenvalue weighted by Gasteiger charge is -2.19. The highest BCUT2D eigenvalue weighted by Crippen LogP contribution is 2.19. The van der Waals surface area contributed by atoms with Crippen LogP contribution in [0.4, 0.5) is 0 Å². The number of rotatable bonds is 8. The third kappa shape index (κ3) is 6.26. The van der Waals surface area contributed by atoms with Crippen molar-refractivity contribution in [2.24, 2.45) is 5.14 Å². The first-order valence-electron chi connectivity index (χ1n) is 9.93. The second kappa shape index (κ2) is 10.2. The molecule has 7 nitrogen and oxygen atoms in total. The standard InChI is InChI=1S/C24H24N2O5S/c1-17-12-13-20(32(25,29)30)15-21(17)24(28)31-16-23(27)26-22(19-10-6-3-7-11-19)14-18-8-4-2-5-9-18/h2-13,15,22H,14,16H2,1H3,(H,26,27)(H2,25,29,30). The lowest BCUT2D eigenvalue weighted by Crippen LogP contribution is -2.33. The summed E-state index contributed by atoms with van der Waals surface area (Å²) >= 11 is 0.